The van der Waals surface area contributed by atoms with Gasteiger partial charge in [0.05, 0.1) is 12.7 Å². The Kier molecular flexibility index (Phi) is 5.73. The Balaban J connectivity index is 0.00000180. The van der Waals surface area contributed by atoms with E-state index in [0.29, 0.717) is 6.54 Å². The third-order valence-electron chi connectivity index (χ3n) is 3.38. The summed E-state index contributed by atoms with van der Waals surface area (Å²) in [4.78, 5) is 1.82. The van der Waals surface area contributed by atoms with Crippen molar-refractivity contribution in [3.8, 4) is 0 Å². The number of β-amino-alcohol motifs (C(OH)–C–C–N with tert-alkyl or cyclic N) is 2. The first-order chi connectivity index (χ1) is 8.55. The number of hydrogen-bond acceptors (Lipinski definition) is 5. The van der Waals surface area contributed by atoms with Crippen LogP contribution in [-0.4, -0.2) is 62.8 Å². The Labute approximate surface area is 118 Å². The van der Waals surface area contributed by atoms with Crippen molar-refractivity contribution in [2.75, 3.05) is 19.7 Å². The molecule has 0 saturated carbocycles. The minimum Gasteiger partial charge on any atom is -0.393 e. The van der Waals surface area contributed by atoms with Gasteiger partial charge in [-0.15, -0.1) is 12.4 Å². The number of likely N-dealkylation sites (tertiary alicyclic amines) is 1. The van der Waals surface area contributed by atoms with Crippen LogP contribution < -0.4 is 0 Å². The summed E-state index contributed by atoms with van der Waals surface area (Å²) in [5.41, 5.74) is -0.603. The van der Waals surface area contributed by atoms with Crippen molar-refractivity contribution >= 4 is 12.4 Å². The van der Waals surface area contributed by atoms with Crippen LogP contribution in [0.5, 0.6) is 0 Å². The van der Waals surface area contributed by atoms with Crippen molar-refractivity contribution in [1.29, 1.82) is 0 Å². The standard InChI is InChI=1S/C13H19NO4.ClH/c15-9-13(18)8-14(7-11(16)12(13)17)6-10-4-2-1-3-5-10;/h1-5,11-12,15-18H,6-9H2;1H/t11-,12+,13-;/m0./s1. The maximum absolute atomic E-state index is 10.1. The summed E-state index contributed by atoms with van der Waals surface area (Å²) in [6, 6.07) is 9.67. The number of hydrogen-bond donors (Lipinski definition) is 4. The van der Waals surface area contributed by atoms with Crippen LogP contribution in [0.15, 0.2) is 30.3 Å². The summed E-state index contributed by atoms with van der Waals surface area (Å²) in [5, 5.41) is 38.7. The van der Waals surface area contributed by atoms with Crippen LogP contribution in [0, 0.1) is 0 Å². The average Bonchev–Trinajstić information content (AvgIpc) is 2.37. The molecule has 1 fully saturated rings. The fourth-order valence-corrected chi connectivity index (χ4v) is 2.37. The molecule has 0 bridgehead atoms. The largest absolute Gasteiger partial charge is 0.393 e. The molecule has 1 aromatic carbocycles. The third-order valence-corrected chi connectivity index (χ3v) is 3.38. The molecular formula is C13H20ClNO4. The zero-order chi connectivity index (χ0) is 13.2. The lowest BCUT2D eigenvalue weighted by Crippen LogP contribution is -2.64. The SMILES string of the molecule is Cl.OC[C@@]1(O)CN(Cc2ccccc2)C[C@H](O)[C@H]1O. The van der Waals surface area contributed by atoms with E-state index in [2.05, 4.69) is 0 Å². The summed E-state index contributed by atoms with van der Waals surface area (Å²) >= 11 is 0. The topological polar surface area (TPSA) is 84.2 Å². The molecule has 1 saturated heterocycles. The smallest absolute Gasteiger partial charge is 0.129 e. The molecule has 0 aliphatic carbocycles. The number of rotatable bonds is 3. The maximum atomic E-state index is 10.1. The molecular weight excluding hydrogens is 270 g/mol. The van der Waals surface area contributed by atoms with Gasteiger partial charge in [-0.2, -0.15) is 0 Å². The van der Waals surface area contributed by atoms with Crippen LogP contribution in [0.2, 0.25) is 0 Å². The van der Waals surface area contributed by atoms with Crippen molar-refractivity contribution in [2.24, 2.45) is 0 Å². The predicted octanol–water partition coefficient (Wildman–Crippen LogP) is -0.631. The van der Waals surface area contributed by atoms with Crippen LogP contribution >= 0.6 is 12.4 Å². The highest BCUT2D eigenvalue weighted by molar-refractivity contribution is 5.85. The van der Waals surface area contributed by atoms with Gasteiger partial charge in [-0.05, 0) is 5.56 Å². The summed E-state index contributed by atoms with van der Waals surface area (Å²) in [6.07, 6.45) is -2.37. The van der Waals surface area contributed by atoms with E-state index in [1.54, 1.807) is 0 Å². The molecule has 108 valence electrons. The van der Waals surface area contributed by atoms with Crippen molar-refractivity contribution in [3.63, 3.8) is 0 Å². The van der Waals surface area contributed by atoms with Crippen molar-refractivity contribution < 1.29 is 20.4 Å². The molecule has 0 unspecified atom stereocenters. The molecule has 3 atom stereocenters. The molecule has 5 nitrogen and oxygen atoms in total. The quantitative estimate of drug-likeness (QED) is 0.595. The lowest BCUT2D eigenvalue weighted by atomic mass is 9.88. The highest BCUT2D eigenvalue weighted by Crippen LogP contribution is 2.23. The second-order valence-electron chi connectivity index (χ2n) is 4.93. The molecule has 0 amide bonds. The normalized spacial score (nSPS) is 31.8. The molecule has 4 N–H and O–H groups in total. The van der Waals surface area contributed by atoms with E-state index >= 15 is 0 Å². The zero-order valence-corrected chi connectivity index (χ0v) is 11.3. The molecule has 1 heterocycles. The Hall–Kier alpha value is -0.690. The number of nitrogens with zero attached hydrogens (tertiary/aromatic N) is 1. The van der Waals surface area contributed by atoms with Gasteiger partial charge in [0, 0.05) is 19.6 Å². The second-order valence-corrected chi connectivity index (χ2v) is 4.93. The van der Waals surface area contributed by atoms with Crippen LogP contribution in [-0.2, 0) is 6.54 Å². The van der Waals surface area contributed by atoms with Gasteiger partial charge in [0.25, 0.3) is 0 Å². The minimum atomic E-state index is -1.66. The average molecular weight is 290 g/mol. The van der Waals surface area contributed by atoms with Crippen molar-refractivity contribution in [1.82, 2.24) is 4.90 Å². The molecule has 0 aromatic heterocycles. The monoisotopic (exact) mass is 289 g/mol. The molecule has 2 rings (SSSR count). The molecule has 19 heavy (non-hydrogen) atoms. The fraction of sp³-hybridized carbons (Fsp3) is 0.538. The van der Waals surface area contributed by atoms with Gasteiger partial charge in [0.15, 0.2) is 0 Å². The highest BCUT2D eigenvalue weighted by atomic mass is 35.5. The molecule has 1 aliphatic heterocycles. The molecule has 1 aliphatic rings. The first kappa shape index (κ1) is 16.4. The van der Waals surface area contributed by atoms with Gasteiger partial charge in [0.2, 0.25) is 0 Å². The highest BCUT2D eigenvalue weighted by Gasteiger charge is 2.45. The van der Waals surface area contributed by atoms with E-state index in [0.717, 1.165) is 5.56 Å². The van der Waals surface area contributed by atoms with Gasteiger partial charge in [-0.1, -0.05) is 30.3 Å². The number of piperidine rings is 1. The Bertz CT molecular complexity index is 391. The zero-order valence-electron chi connectivity index (χ0n) is 10.5. The molecule has 0 radical (unpaired) electrons. The van der Waals surface area contributed by atoms with E-state index < -0.39 is 24.4 Å². The minimum absolute atomic E-state index is 0. The predicted molar refractivity (Wildman–Crippen MR) is 73.0 cm³/mol. The molecule has 6 heteroatoms. The van der Waals surface area contributed by atoms with Crippen LogP contribution in [0.3, 0.4) is 0 Å². The third kappa shape index (κ3) is 3.66. The first-order valence-electron chi connectivity index (χ1n) is 6.01. The summed E-state index contributed by atoms with van der Waals surface area (Å²) in [6.45, 7) is 0.401. The van der Waals surface area contributed by atoms with E-state index in [1.165, 1.54) is 0 Å². The van der Waals surface area contributed by atoms with Gasteiger partial charge < -0.3 is 20.4 Å². The number of aliphatic hydroxyl groups is 4. The van der Waals surface area contributed by atoms with Gasteiger partial charge in [-0.25, -0.2) is 0 Å². The number of aliphatic hydroxyl groups excluding tert-OH is 3. The maximum Gasteiger partial charge on any atom is 0.129 e. The lowest BCUT2D eigenvalue weighted by molar-refractivity contribution is -0.187. The Morgan fingerprint density at radius 1 is 1.21 bits per heavy atom. The van der Waals surface area contributed by atoms with Gasteiger partial charge in [-0.3, -0.25) is 4.90 Å². The first-order valence-corrected chi connectivity index (χ1v) is 6.01. The number of benzene rings is 1. The summed E-state index contributed by atoms with van der Waals surface area (Å²) < 4.78 is 0. The van der Waals surface area contributed by atoms with Gasteiger partial charge >= 0.3 is 0 Å². The Morgan fingerprint density at radius 2 is 1.84 bits per heavy atom. The van der Waals surface area contributed by atoms with Crippen molar-refractivity contribution in [2.45, 2.75) is 24.4 Å². The van der Waals surface area contributed by atoms with Crippen molar-refractivity contribution in [3.05, 3.63) is 35.9 Å². The van der Waals surface area contributed by atoms with Crippen LogP contribution in [0.25, 0.3) is 0 Å². The van der Waals surface area contributed by atoms with E-state index in [9.17, 15) is 20.4 Å². The van der Waals surface area contributed by atoms with Crippen LogP contribution in [0.4, 0.5) is 0 Å². The Morgan fingerprint density at radius 3 is 2.42 bits per heavy atom. The van der Waals surface area contributed by atoms with E-state index in [4.69, 9.17) is 0 Å². The summed E-state index contributed by atoms with van der Waals surface area (Å²) in [7, 11) is 0. The fourth-order valence-electron chi connectivity index (χ4n) is 2.37. The van der Waals surface area contributed by atoms with Crippen LogP contribution in [0.1, 0.15) is 5.56 Å². The molecule has 0 spiro atoms. The van der Waals surface area contributed by atoms with E-state index in [1.807, 2.05) is 35.2 Å². The summed E-state index contributed by atoms with van der Waals surface area (Å²) in [5.74, 6) is 0. The number of halogens is 1. The lowest BCUT2D eigenvalue weighted by Gasteiger charge is -2.44. The second kappa shape index (κ2) is 6.65. The van der Waals surface area contributed by atoms with Gasteiger partial charge in [0.1, 0.15) is 11.7 Å². The van der Waals surface area contributed by atoms with E-state index in [-0.39, 0.29) is 25.5 Å². The molecule has 1 aromatic rings.